The Morgan fingerprint density at radius 3 is 2.53 bits per heavy atom. The maximum absolute atomic E-state index is 11.2. The lowest BCUT2D eigenvalue weighted by Gasteiger charge is -2.13. The van der Waals surface area contributed by atoms with Gasteiger partial charge in [0.2, 0.25) is 0 Å². The number of benzene rings is 1. The third kappa shape index (κ3) is 5.17. The molecule has 0 saturated heterocycles. The van der Waals surface area contributed by atoms with Crippen LogP contribution >= 0.6 is 0 Å². The summed E-state index contributed by atoms with van der Waals surface area (Å²) in [5.41, 5.74) is 4.93. The van der Waals surface area contributed by atoms with Crippen LogP contribution in [0.3, 0.4) is 0 Å². The van der Waals surface area contributed by atoms with Crippen LogP contribution < -0.4 is 18.1 Å². The monoisotopic (exact) mass is 259 g/mol. The van der Waals surface area contributed by atoms with Crippen molar-refractivity contribution in [2.45, 2.75) is 25.5 Å². The first-order chi connectivity index (χ1) is 7.65. The Kier molecular flexibility index (Phi) is 7.54. The minimum atomic E-state index is -1.09. The van der Waals surface area contributed by atoms with Gasteiger partial charge in [0.15, 0.2) is 6.10 Å². The number of aliphatic hydroxyl groups excluding tert-OH is 1. The van der Waals surface area contributed by atoms with E-state index in [1.165, 1.54) is 0 Å². The number of carbonyl (C=O) groups is 1. The molecule has 0 heterocycles. The Bertz CT molecular complexity index is 332. The van der Waals surface area contributed by atoms with Crippen LogP contribution in [0, 0.1) is 0 Å². The van der Waals surface area contributed by atoms with Crippen molar-refractivity contribution in [3.8, 4) is 0 Å². The minimum absolute atomic E-state index is 0. The van der Waals surface area contributed by atoms with Gasteiger partial charge in [-0.3, -0.25) is 0 Å². The molecule has 0 radical (unpaired) electrons. The lowest BCUT2D eigenvalue weighted by molar-refractivity contribution is -0.430. The average molecular weight is 260 g/mol. The molecule has 0 aliphatic heterocycles. The lowest BCUT2D eigenvalue weighted by Crippen LogP contribution is -3.00. The van der Waals surface area contributed by atoms with Crippen molar-refractivity contribution < 1.29 is 32.8 Å². The van der Waals surface area contributed by atoms with Gasteiger partial charge in [-0.15, -0.1) is 0 Å². The zero-order valence-electron chi connectivity index (χ0n) is 9.80. The van der Waals surface area contributed by atoms with Gasteiger partial charge in [0.05, 0.1) is 6.61 Å². The second-order valence-electron chi connectivity index (χ2n) is 3.61. The van der Waals surface area contributed by atoms with E-state index >= 15 is 0 Å². The van der Waals surface area contributed by atoms with Crippen LogP contribution in [0.5, 0.6) is 0 Å². The molecule has 0 bridgehead atoms. The van der Waals surface area contributed by atoms with Crippen LogP contribution in [0.2, 0.25) is 0 Å². The molecule has 1 aromatic carbocycles. The quantitative estimate of drug-likeness (QED) is 0.565. The SMILES string of the molecule is CCOC(=O)C(O)CC([NH3+])c1ccccc1.[Cl-]. The van der Waals surface area contributed by atoms with Gasteiger partial charge < -0.3 is 28.0 Å². The second-order valence-corrected chi connectivity index (χ2v) is 3.61. The molecule has 2 atom stereocenters. The van der Waals surface area contributed by atoms with Gasteiger partial charge in [-0.2, -0.15) is 0 Å². The fraction of sp³-hybridized carbons (Fsp3) is 0.417. The number of aliphatic hydroxyl groups is 1. The van der Waals surface area contributed by atoms with Gasteiger partial charge in [-0.05, 0) is 6.92 Å². The van der Waals surface area contributed by atoms with Crippen LogP contribution in [0.4, 0.5) is 0 Å². The fourth-order valence-corrected chi connectivity index (χ4v) is 1.47. The molecule has 0 spiro atoms. The number of halogens is 1. The molecule has 5 heteroatoms. The van der Waals surface area contributed by atoms with Gasteiger partial charge in [-0.1, -0.05) is 30.3 Å². The first-order valence-electron chi connectivity index (χ1n) is 5.38. The van der Waals surface area contributed by atoms with Crippen molar-refractivity contribution in [3.63, 3.8) is 0 Å². The molecule has 17 heavy (non-hydrogen) atoms. The number of carbonyl (C=O) groups excluding carboxylic acids is 1. The smallest absolute Gasteiger partial charge is 0.335 e. The average Bonchev–Trinajstić information content (AvgIpc) is 2.30. The summed E-state index contributed by atoms with van der Waals surface area (Å²) < 4.78 is 4.72. The summed E-state index contributed by atoms with van der Waals surface area (Å²) in [5, 5.41) is 9.57. The zero-order valence-corrected chi connectivity index (χ0v) is 10.6. The Balaban J connectivity index is 0.00000256. The number of hydrogen-bond donors (Lipinski definition) is 2. The first-order valence-corrected chi connectivity index (χ1v) is 5.38. The number of rotatable bonds is 5. The molecule has 0 amide bonds. The molecule has 4 N–H and O–H groups in total. The van der Waals surface area contributed by atoms with Crippen molar-refractivity contribution in [1.29, 1.82) is 0 Å². The maximum Gasteiger partial charge on any atom is 0.335 e. The summed E-state index contributed by atoms with van der Waals surface area (Å²) in [5.74, 6) is -0.577. The molecule has 0 saturated carbocycles. The summed E-state index contributed by atoms with van der Waals surface area (Å²) in [4.78, 5) is 11.2. The highest BCUT2D eigenvalue weighted by atomic mass is 35.5. The van der Waals surface area contributed by atoms with Crippen LogP contribution in [0.25, 0.3) is 0 Å². The largest absolute Gasteiger partial charge is 1.00 e. The van der Waals surface area contributed by atoms with E-state index in [2.05, 4.69) is 5.73 Å². The molecule has 0 aliphatic carbocycles. The third-order valence-electron chi connectivity index (χ3n) is 2.34. The van der Waals surface area contributed by atoms with Crippen LogP contribution in [-0.4, -0.2) is 23.8 Å². The molecule has 0 fully saturated rings. The molecule has 2 unspecified atom stereocenters. The standard InChI is InChI=1S/C12H17NO3.ClH/c1-2-16-12(15)11(14)8-10(13)9-6-4-3-5-7-9;/h3-7,10-11,14H,2,8,13H2,1H3;1H. The van der Waals surface area contributed by atoms with E-state index in [9.17, 15) is 9.90 Å². The molecular formula is C12H18ClNO3. The van der Waals surface area contributed by atoms with Crippen molar-refractivity contribution >= 4 is 5.97 Å². The highest BCUT2D eigenvalue weighted by Crippen LogP contribution is 2.13. The molecule has 4 nitrogen and oxygen atoms in total. The molecule has 0 aliphatic rings. The van der Waals surface area contributed by atoms with E-state index in [0.717, 1.165) is 5.56 Å². The third-order valence-corrected chi connectivity index (χ3v) is 2.34. The van der Waals surface area contributed by atoms with Gasteiger partial charge in [0.25, 0.3) is 0 Å². The predicted molar refractivity (Wildman–Crippen MR) is 59.3 cm³/mol. The number of ether oxygens (including phenoxy) is 1. The Hall–Kier alpha value is -1.10. The Labute approximate surface area is 107 Å². The lowest BCUT2D eigenvalue weighted by atomic mass is 10.0. The maximum atomic E-state index is 11.2. The Morgan fingerprint density at radius 2 is 2.00 bits per heavy atom. The van der Waals surface area contributed by atoms with E-state index in [1.807, 2.05) is 30.3 Å². The topological polar surface area (TPSA) is 74.2 Å². The van der Waals surface area contributed by atoms with Gasteiger partial charge in [0, 0.05) is 12.0 Å². The molecule has 1 rings (SSSR count). The highest BCUT2D eigenvalue weighted by Gasteiger charge is 2.22. The highest BCUT2D eigenvalue weighted by molar-refractivity contribution is 5.74. The van der Waals surface area contributed by atoms with E-state index < -0.39 is 12.1 Å². The summed E-state index contributed by atoms with van der Waals surface area (Å²) in [7, 11) is 0. The molecular weight excluding hydrogens is 242 g/mol. The summed E-state index contributed by atoms with van der Waals surface area (Å²) in [6.07, 6.45) is -0.814. The molecule has 0 aromatic heterocycles. The van der Waals surface area contributed by atoms with E-state index in [4.69, 9.17) is 4.74 Å². The molecule has 96 valence electrons. The number of quaternary nitrogens is 1. The first kappa shape index (κ1) is 15.9. The van der Waals surface area contributed by atoms with Gasteiger partial charge in [-0.25, -0.2) is 4.79 Å². The van der Waals surface area contributed by atoms with E-state index in [1.54, 1.807) is 6.92 Å². The second kappa shape index (κ2) is 8.06. The van der Waals surface area contributed by atoms with Crippen molar-refractivity contribution in [2.24, 2.45) is 0 Å². The van der Waals surface area contributed by atoms with Gasteiger partial charge >= 0.3 is 5.97 Å². The van der Waals surface area contributed by atoms with Crippen LogP contribution in [0.1, 0.15) is 24.9 Å². The predicted octanol–water partition coefficient (Wildman–Crippen LogP) is -2.71. The summed E-state index contributed by atoms with van der Waals surface area (Å²) in [6.45, 7) is 1.99. The minimum Gasteiger partial charge on any atom is -1.00 e. The number of esters is 1. The van der Waals surface area contributed by atoms with Crippen molar-refractivity contribution in [3.05, 3.63) is 35.9 Å². The number of hydrogen-bond acceptors (Lipinski definition) is 3. The van der Waals surface area contributed by atoms with Crippen LogP contribution in [0.15, 0.2) is 30.3 Å². The van der Waals surface area contributed by atoms with Crippen molar-refractivity contribution in [1.82, 2.24) is 0 Å². The zero-order chi connectivity index (χ0) is 12.0. The summed E-state index contributed by atoms with van der Waals surface area (Å²) >= 11 is 0. The van der Waals surface area contributed by atoms with E-state index in [0.29, 0.717) is 0 Å². The van der Waals surface area contributed by atoms with Crippen molar-refractivity contribution in [2.75, 3.05) is 6.61 Å². The summed E-state index contributed by atoms with van der Waals surface area (Å²) in [6, 6.07) is 9.47. The molecule has 1 aromatic rings. The Morgan fingerprint density at radius 1 is 1.41 bits per heavy atom. The van der Waals surface area contributed by atoms with E-state index in [-0.39, 0.29) is 31.5 Å². The normalized spacial score (nSPS) is 13.4. The fourth-order valence-electron chi connectivity index (χ4n) is 1.47. The van der Waals surface area contributed by atoms with Crippen LogP contribution in [-0.2, 0) is 9.53 Å². The van der Waals surface area contributed by atoms with Gasteiger partial charge in [0.1, 0.15) is 6.04 Å².